The van der Waals surface area contributed by atoms with Gasteiger partial charge in [-0.25, -0.2) is 8.42 Å². The molecule has 1 heterocycles. The number of thiophene rings is 1. The molecule has 1 amide bonds. The molecule has 1 aliphatic rings. The summed E-state index contributed by atoms with van der Waals surface area (Å²) in [5.41, 5.74) is 0. The largest absolute Gasteiger partial charge is 0.357 e. The molecule has 0 aromatic carbocycles. The first-order chi connectivity index (χ1) is 13.9. The van der Waals surface area contributed by atoms with E-state index in [1.807, 2.05) is 26.8 Å². The number of carbonyl (C=O) groups is 1. The van der Waals surface area contributed by atoms with Crippen molar-refractivity contribution in [1.82, 2.24) is 20.3 Å². The van der Waals surface area contributed by atoms with Crippen LogP contribution in [0.25, 0.3) is 0 Å². The Bertz CT molecular complexity index is 784. The summed E-state index contributed by atoms with van der Waals surface area (Å²) in [6.45, 7) is 9.08. The maximum atomic E-state index is 12.6. The first kappa shape index (κ1) is 23.6. The molecule has 1 aromatic heterocycles. The summed E-state index contributed by atoms with van der Waals surface area (Å²) in [4.78, 5) is 17.2. The average molecular weight is 444 g/mol. The van der Waals surface area contributed by atoms with Crippen LogP contribution in [0.3, 0.4) is 0 Å². The Balaban J connectivity index is 1.82. The number of hydrogen-bond donors (Lipinski definition) is 3. The molecule has 1 saturated carbocycles. The van der Waals surface area contributed by atoms with Gasteiger partial charge in [-0.1, -0.05) is 13.8 Å². The molecule has 0 aliphatic heterocycles. The minimum Gasteiger partial charge on any atom is -0.357 e. The van der Waals surface area contributed by atoms with Crippen LogP contribution in [0.15, 0.2) is 21.3 Å². The fourth-order valence-electron chi connectivity index (χ4n) is 2.80. The van der Waals surface area contributed by atoms with Gasteiger partial charge in [0.25, 0.3) is 10.0 Å². The summed E-state index contributed by atoms with van der Waals surface area (Å²) in [6.07, 6.45) is 2.68. The Kier molecular flexibility index (Phi) is 9.38. The van der Waals surface area contributed by atoms with E-state index in [-0.39, 0.29) is 11.8 Å². The van der Waals surface area contributed by atoms with Crippen molar-refractivity contribution in [2.45, 2.75) is 44.2 Å². The topological polar surface area (TPSA) is 103 Å². The second-order valence-corrected chi connectivity index (χ2v) is 10.1. The summed E-state index contributed by atoms with van der Waals surface area (Å²) < 4.78 is 27.0. The van der Waals surface area contributed by atoms with Crippen molar-refractivity contribution in [3.05, 3.63) is 17.0 Å². The lowest BCUT2D eigenvalue weighted by Crippen LogP contribution is -2.41. The highest BCUT2D eigenvalue weighted by molar-refractivity contribution is 7.91. The summed E-state index contributed by atoms with van der Waals surface area (Å²) in [7, 11) is -3.40. The number of sulfonamides is 1. The lowest BCUT2D eigenvalue weighted by Gasteiger charge is -2.16. The third-order valence-electron chi connectivity index (χ3n) is 4.57. The van der Waals surface area contributed by atoms with E-state index < -0.39 is 10.0 Å². The number of guanidine groups is 1. The standard InChI is InChI=1S/C19H33N5O3S2/c1-4-20-19(23-14-13-21-18(25)15-7-8-15)22-12-11-16-9-10-17(28-16)29(26,27)24(5-2)6-3/h9-10,15H,4-8,11-14H2,1-3H3,(H,21,25)(H2,20,22,23). The van der Waals surface area contributed by atoms with Gasteiger partial charge < -0.3 is 16.0 Å². The van der Waals surface area contributed by atoms with E-state index in [4.69, 9.17) is 0 Å². The van der Waals surface area contributed by atoms with Crippen molar-refractivity contribution in [3.63, 3.8) is 0 Å². The zero-order valence-electron chi connectivity index (χ0n) is 17.5. The molecule has 0 saturated heterocycles. The molecule has 0 atom stereocenters. The maximum absolute atomic E-state index is 12.6. The van der Waals surface area contributed by atoms with Crippen LogP contribution in [0.2, 0.25) is 0 Å². The van der Waals surface area contributed by atoms with Gasteiger partial charge in [0.15, 0.2) is 5.96 Å². The van der Waals surface area contributed by atoms with Crippen molar-refractivity contribution >= 4 is 33.2 Å². The third kappa shape index (κ3) is 7.27. The molecular formula is C19H33N5O3S2. The predicted molar refractivity (Wildman–Crippen MR) is 118 cm³/mol. The highest BCUT2D eigenvalue weighted by Gasteiger charge is 2.29. The van der Waals surface area contributed by atoms with Gasteiger partial charge in [-0.3, -0.25) is 9.79 Å². The Morgan fingerprint density at radius 1 is 1.14 bits per heavy atom. The van der Waals surface area contributed by atoms with Crippen molar-refractivity contribution in [2.24, 2.45) is 10.9 Å². The molecule has 2 rings (SSSR count). The fraction of sp³-hybridized carbons (Fsp3) is 0.684. The average Bonchev–Trinajstić information content (AvgIpc) is 3.43. The summed E-state index contributed by atoms with van der Waals surface area (Å²) in [5.74, 6) is 1.06. The van der Waals surface area contributed by atoms with Gasteiger partial charge in [0.2, 0.25) is 5.91 Å². The number of rotatable bonds is 12. The fourth-order valence-corrected chi connectivity index (χ4v) is 5.75. The second-order valence-electron chi connectivity index (χ2n) is 6.81. The van der Waals surface area contributed by atoms with Crippen LogP contribution in [-0.4, -0.2) is 63.9 Å². The quantitative estimate of drug-likeness (QED) is 0.257. The van der Waals surface area contributed by atoms with Crippen molar-refractivity contribution in [1.29, 1.82) is 0 Å². The summed E-state index contributed by atoms with van der Waals surface area (Å²) >= 11 is 1.31. The molecule has 0 unspecified atom stereocenters. The van der Waals surface area contributed by atoms with Gasteiger partial charge in [0.1, 0.15) is 4.21 Å². The van der Waals surface area contributed by atoms with Gasteiger partial charge in [-0.2, -0.15) is 4.31 Å². The van der Waals surface area contributed by atoms with Gasteiger partial charge >= 0.3 is 0 Å². The van der Waals surface area contributed by atoms with Crippen molar-refractivity contribution in [3.8, 4) is 0 Å². The minimum absolute atomic E-state index is 0.141. The molecule has 10 heteroatoms. The molecule has 29 heavy (non-hydrogen) atoms. The van der Waals surface area contributed by atoms with Crippen LogP contribution in [-0.2, 0) is 21.2 Å². The van der Waals surface area contributed by atoms with Gasteiger partial charge in [0.05, 0.1) is 0 Å². The summed E-state index contributed by atoms with van der Waals surface area (Å²) in [6, 6.07) is 3.55. The Morgan fingerprint density at radius 3 is 2.45 bits per heavy atom. The van der Waals surface area contributed by atoms with E-state index in [0.29, 0.717) is 49.3 Å². The number of nitrogens with zero attached hydrogens (tertiary/aromatic N) is 2. The third-order valence-corrected chi connectivity index (χ3v) is 8.24. The number of nitrogens with one attached hydrogen (secondary N) is 3. The zero-order chi connectivity index (χ0) is 21.3. The predicted octanol–water partition coefficient (Wildman–Crippen LogP) is 1.40. The Morgan fingerprint density at radius 2 is 1.83 bits per heavy atom. The first-order valence-electron chi connectivity index (χ1n) is 10.3. The molecule has 1 aromatic rings. The van der Waals surface area contributed by atoms with Crippen LogP contribution in [0, 0.1) is 5.92 Å². The Hall–Kier alpha value is -1.65. The SMILES string of the molecule is CCNC(=NCCc1ccc(S(=O)(=O)N(CC)CC)s1)NCCNC(=O)C1CC1. The smallest absolute Gasteiger partial charge is 0.252 e. The number of amides is 1. The monoisotopic (exact) mass is 443 g/mol. The molecule has 0 spiro atoms. The maximum Gasteiger partial charge on any atom is 0.252 e. The molecule has 8 nitrogen and oxygen atoms in total. The lowest BCUT2D eigenvalue weighted by atomic mass is 10.3. The molecule has 1 aliphatic carbocycles. The Labute approximate surface area is 178 Å². The number of hydrogen-bond acceptors (Lipinski definition) is 5. The van der Waals surface area contributed by atoms with Crippen LogP contribution < -0.4 is 16.0 Å². The molecule has 164 valence electrons. The normalized spacial score (nSPS) is 14.8. The number of carbonyl (C=O) groups excluding carboxylic acids is 1. The molecule has 3 N–H and O–H groups in total. The highest BCUT2D eigenvalue weighted by Crippen LogP contribution is 2.28. The lowest BCUT2D eigenvalue weighted by molar-refractivity contribution is -0.122. The van der Waals surface area contributed by atoms with Gasteiger partial charge in [-0.05, 0) is 31.9 Å². The molecule has 1 fully saturated rings. The van der Waals surface area contributed by atoms with E-state index in [2.05, 4.69) is 20.9 Å². The van der Waals surface area contributed by atoms with E-state index in [0.717, 1.165) is 24.3 Å². The highest BCUT2D eigenvalue weighted by atomic mass is 32.2. The van der Waals surface area contributed by atoms with Crippen molar-refractivity contribution < 1.29 is 13.2 Å². The number of aliphatic imine (C=N–C) groups is 1. The molecule has 0 radical (unpaired) electrons. The van der Waals surface area contributed by atoms with Crippen LogP contribution in [0.4, 0.5) is 0 Å². The van der Waals surface area contributed by atoms with Crippen LogP contribution >= 0.6 is 11.3 Å². The zero-order valence-corrected chi connectivity index (χ0v) is 19.2. The van der Waals surface area contributed by atoms with E-state index in [1.54, 1.807) is 6.07 Å². The minimum atomic E-state index is -3.40. The van der Waals surface area contributed by atoms with E-state index >= 15 is 0 Å². The van der Waals surface area contributed by atoms with Gasteiger partial charge in [-0.15, -0.1) is 11.3 Å². The van der Waals surface area contributed by atoms with Crippen molar-refractivity contribution in [2.75, 3.05) is 39.3 Å². The van der Waals surface area contributed by atoms with Crippen LogP contribution in [0.1, 0.15) is 38.5 Å². The van der Waals surface area contributed by atoms with Crippen LogP contribution in [0.5, 0.6) is 0 Å². The first-order valence-corrected chi connectivity index (χ1v) is 12.6. The molecular weight excluding hydrogens is 410 g/mol. The second kappa shape index (κ2) is 11.5. The van der Waals surface area contributed by atoms with E-state index in [9.17, 15) is 13.2 Å². The van der Waals surface area contributed by atoms with Gasteiger partial charge in [0, 0.05) is 56.5 Å². The molecule has 0 bridgehead atoms. The summed E-state index contributed by atoms with van der Waals surface area (Å²) in [5, 5.41) is 9.30. The van der Waals surface area contributed by atoms with E-state index in [1.165, 1.54) is 15.6 Å².